The van der Waals surface area contributed by atoms with Gasteiger partial charge in [0.05, 0.1) is 6.07 Å². The molecular weight excluding hydrogens is 240 g/mol. The van der Waals surface area contributed by atoms with Crippen LogP contribution in [0.3, 0.4) is 0 Å². The first-order valence-corrected chi connectivity index (χ1v) is 5.93. The molecule has 0 aliphatic heterocycles. The van der Waals surface area contributed by atoms with E-state index in [1.807, 2.05) is 36.0 Å². The Labute approximate surface area is 110 Å². The first kappa shape index (κ1) is 11.5. The van der Waals surface area contributed by atoms with Gasteiger partial charge in [0.2, 0.25) is 0 Å². The summed E-state index contributed by atoms with van der Waals surface area (Å²) in [5, 5.41) is 9.40. The maximum absolute atomic E-state index is 9.40. The molecule has 0 aliphatic rings. The van der Waals surface area contributed by atoms with E-state index >= 15 is 0 Å². The highest BCUT2D eigenvalue weighted by Crippen LogP contribution is 2.26. The zero-order valence-corrected chi connectivity index (χ0v) is 10.7. The molecule has 1 unspecified atom stereocenters. The van der Waals surface area contributed by atoms with Crippen LogP contribution in [0.4, 0.5) is 0 Å². The molecule has 0 N–H and O–H groups in total. The molecule has 0 amide bonds. The SMILES string of the molecule is Cc1nc2ccc(C(C#N)c3nccn3C)cc2o1. The lowest BCUT2D eigenvalue weighted by Crippen LogP contribution is -2.05. The Kier molecular flexibility index (Phi) is 2.57. The quantitative estimate of drug-likeness (QED) is 0.702. The van der Waals surface area contributed by atoms with Crippen LogP contribution in [-0.2, 0) is 7.05 Å². The van der Waals surface area contributed by atoms with Crippen molar-refractivity contribution in [1.82, 2.24) is 14.5 Å². The minimum Gasteiger partial charge on any atom is -0.441 e. The van der Waals surface area contributed by atoms with Gasteiger partial charge in [0.1, 0.15) is 17.3 Å². The van der Waals surface area contributed by atoms with Crippen LogP contribution in [-0.4, -0.2) is 14.5 Å². The highest BCUT2D eigenvalue weighted by molar-refractivity contribution is 5.73. The van der Waals surface area contributed by atoms with E-state index in [-0.39, 0.29) is 0 Å². The molecule has 5 nitrogen and oxygen atoms in total. The maximum atomic E-state index is 9.40. The normalized spacial score (nSPS) is 12.5. The highest BCUT2D eigenvalue weighted by atomic mass is 16.3. The molecule has 2 aromatic heterocycles. The average Bonchev–Trinajstić information content (AvgIpc) is 2.95. The fourth-order valence-electron chi connectivity index (χ4n) is 2.17. The summed E-state index contributed by atoms with van der Waals surface area (Å²) in [7, 11) is 1.88. The molecule has 5 heteroatoms. The summed E-state index contributed by atoms with van der Waals surface area (Å²) in [6.07, 6.45) is 3.52. The van der Waals surface area contributed by atoms with Crippen LogP contribution in [0.5, 0.6) is 0 Å². The van der Waals surface area contributed by atoms with Crippen LogP contribution in [0.2, 0.25) is 0 Å². The molecule has 3 aromatic rings. The highest BCUT2D eigenvalue weighted by Gasteiger charge is 2.18. The Bertz CT molecular complexity index is 778. The minimum atomic E-state index is -0.408. The fraction of sp³-hybridized carbons (Fsp3) is 0.214. The predicted molar refractivity (Wildman–Crippen MR) is 69.4 cm³/mol. The summed E-state index contributed by atoms with van der Waals surface area (Å²) in [4.78, 5) is 8.49. The molecular formula is C14H12N4O. The van der Waals surface area contributed by atoms with Crippen LogP contribution < -0.4 is 0 Å². The Hall–Kier alpha value is -2.61. The van der Waals surface area contributed by atoms with Gasteiger partial charge in [-0.2, -0.15) is 5.26 Å². The molecule has 0 saturated heterocycles. The molecule has 0 saturated carbocycles. The predicted octanol–water partition coefficient (Wildman–Crippen LogP) is 2.53. The number of aromatic nitrogens is 3. The van der Waals surface area contributed by atoms with Gasteiger partial charge in [-0.3, -0.25) is 0 Å². The van der Waals surface area contributed by atoms with Crippen molar-refractivity contribution in [1.29, 1.82) is 5.26 Å². The van der Waals surface area contributed by atoms with Crippen molar-refractivity contribution in [3.05, 3.63) is 47.9 Å². The van der Waals surface area contributed by atoms with Gasteiger partial charge < -0.3 is 8.98 Å². The molecule has 1 aromatic carbocycles. The Morgan fingerprint density at radius 3 is 2.95 bits per heavy atom. The number of imidazole rings is 1. The van der Waals surface area contributed by atoms with Crippen molar-refractivity contribution in [2.24, 2.45) is 7.05 Å². The number of nitriles is 1. The van der Waals surface area contributed by atoms with E-state index in [9.17, 15) is 5.26 Å². The Morgan fingerprint density at radius 1 is 1.42 bits per heavy atom. The van der Waals surface area contributed by atoms with Gasteiger partial charge >= 0.3 is 0 Å². The molecule has 0 bridgehead atoms. The number of hydrogen-bond donors (Lipinski definition) is 0. The van der Waals surface area contributed by atoms with E-state index in [0.717, 1.165) is 16.9 Å². The molecule has 19 heavy (non-hydrogen) atoms. The van der Waals surface area contributed by atoms with Gasteiger partial charge in [-0.1, -0.05) is 6.07 Å². The monoisotopic (exact) mass is 252 g/mol. The topological polar surface area (TPSA) is 67.6 Å². The van der Waals surface area contributed by atoms with Crippen LogP contribution in [0.25, 0.3) is 11.1 Å². The van der Waals surface area contributed by atoms with E-state index in [0.29, 0.717) is 11.5 Å². The number of hydrogen-bond acceptors (Lipinski definition) is 4. The lowest BCUT2D eigenvalue weighted by molar-refractivity contribution is 0.560. The summed E-state index contributed by atoms with van der Waals surface area (Å²) in [5.41, 5.74) is 2.36. The number of aryl methyl sites for hydroxylation is 2. The second kappa shape index (κ2) is 4.25. The van der Waals surface area contributed by atoms with Crippen molar-refractivity contribution in [2.75, 3.05) is 0 Å². The molecule has 94 valence electrons. The second-order valence-corrected chi connectivity index (χ2v) is 4.42. The molecule has 3 rings (SSSR count). The van der Waals surface area contributed by atoms with E-state index in [2.05, 4.69) is 16.0 Å². The summed E-state index contributed by atoms with van der Waals surface area (Å²) < 4.78 is 7.35. The van der Waals surface area contributed by atoms with E-state index < -0.39 is 5.92 Å². The number of fused-ring (bicyclic) bond motifs is 1. The third kappa shape index (κ3) is 1.87. The summed E-state index contributed by atoms with van der Waals surface area (Å²) >= 11 is 0. The Morgan fingerprint density at radius 2 is 2.26 bits per heavy atom. The summed E-state index contributed by atoms with van der Waals surface area (Å²) in [5.74, 6) is 0.936. The fourth-order valence-corrected chi connectivity index (χ4v) is 2.17. The molecule has 2 heterocycles. The van der Waals surface area contributed by atoms with Crippen molar-refractivity contribution < 1.29 is 4.42 Å². The lowest BCUT2D eigenvalue weighted by Gasteiger charge is -2.09. The van der Waals surface area contributed by atoms with E-state index in [1.54, 1.807) is 13.1 Å². The third-order valence-electron chi connectivity index (χ3n) is 3.10. The zero-order valence-electron chi connectivity index (χ0n) is 10.7. The van der Waals surface area contributed by atoms with Gasteiger partial charge in [-0.05, 0) is 17.7 Å². The van der Waals surface area contributed by atoms with Crippen LogP contribution >= 0.6 is 0 Å². The number of rotatable bonds is 2. The number of nitrogens with zero attached hydrogens (tertiary/aromatic N) is 4. The number of oxazole rings is 1. The van der Waals surface area contributed by atoms with Gasteiger partial charge in [0.15, 0.2) is 11.5 Å². The van der Waals surface area contributed by atoms with Crippen molar-refractivity contribution >= 4 is 11.1 Å². The van der Waals surface area contributed by atoms with Gasteiger partial charge in [0.25, 0.3) is 0 Å². The zero-order chi connectivity index (χ0) is 13.4. The van der Waals surface area contributed by atoms with Gasteiger partial charge in [0, 0.05) is 26.4 Å². The number of benzene rings is 1. The maximum Gasteiger partial charge on any atom is 0.192 e. The first-order valence-electron chi connectivity index (χ1n) is 5.93. The largest absolute Gasteiger partial charge is 0.441 e. The van der Waals surface area contributed by atoms with Crippen molar-refractivity contribution in [3.63, 3.8) is 0 Å². The molecule has 0 spiro atoms. The third-order valence-corrected chi connectivity index (χ3v) is 3.10. The second-order valence-electron chi connectivity index (χ2n) is 4.42. The van der Waals surface area contributed by atoms with Gasteiger partial charge in [-0.15, -0.1) is 0 Å². The first-order chi connectivity index (χ1) is 9.19. The molecule has 0 fully saturated rings. The smallest absolute Gasteiger partial charge is 0.192 e. The van der Waals surface area contributed by atoms with Gasteiger partial charge in [-0.25, -0.2) is 9.97 Å². The Balaban J connectivity index is 2.12. The molecule has 1 atom stereocenters. The minimum absolute atomic E-state index is 0.408. The average molecular weight is 252 g/mol. The van der Waals surface area contributed by atoms with E-state index in [4.69, 9.17) is 4.42 Å². The standard InChI is InChI=1S/C14H12N4O/c1-9-17-12-4-3-10(7-13(12)19-9)11(8-15)14-16-5-6-18(14)2/h3-7,11H,1-2H3. The van der Waals surface area contributed by atoms with Crippen LogP contribution in [0.1, 0.15) is 23.2 Å². The lowest BCUT2D eigenvalue weighted by atomic mass is 9.99. The summed E-state index contributed by atoms with van der Waals surface area (Å²) in [6, 6.07) is 7.91. The van der Waals surface area contributed by atoms with Crippen molar-refractivity contribution in [3.8, 4) is 6.07 Å². The van der Waals surface area contributed by atoms with Crippen molar-refractivity contribution in [2.45, 2.75) is 12.8 Å². The summed E-state index contributed by atoms with van der Waals surface area (Å²) in [6.45, 7) is 1.81. The van der Waals surface area contributed by atoms with Crippen LogP contribution in [0, 0.1) is 18.3 Å². The molecule has 0 aliphatic carbocycles. The van der Waals surface area contributed by atoms with E-state index in [1.165, 1.54) is 0 Å². The van der Waals surface area contributed by atoms with Crippen LogP contribution in [0.15, 0.2) is 35.0 Å². The molecule has 0 radical (unpaired) electrons.